The number of hydrogen-bond donors (Lipinski definition) is 2. The maximum Gasteiger partial charge on any atom is 0.287 e. The molecule has 0 amide bonds. The monoisotopic (exact) mass is 247 g/mol. The van der Waals surface area contributed by atoms with Crippen molar-refractivity contribution in [3.05, 3.63) is 12.3 Å². The smallest absolute Gasteiger partial charge is 0.287 e. The third-order valence-electron chi connectivity index (χ3n) is 1.72. The third kappa shape index (κ3) is 4.90. The molecule has 1 rings (SSSR count). The summed E-state index contributed by atoms with van der Waals surface area (Å²) in [4.78, 5) is 7.66. The van der Waals surface area contributed by atoms with Crippen molar-refractivity contribution >= 4 is 5.95 Å². The van der Waals surface area contributed by atoms with Crippen LogP contribution in [0.5, 0.6) is 5.88 Å². The van der Waals surface area contributed by atoms with Gasteiger partial charge in [0.15, 0.2) is 0 Å². The van der Waals surface area contributed by atoms with Crippen molar-refractivity contribution in [2.24, 2.45) is 0 Å². The first-order valence-electron chi connectivity index (χ1n) is 5.15. The number of anilines is 1. The Hall–Kier alpha value is -1.50. The Labute approximate surface area is 97.8 Å². The van der Waals surface area contributed by atoms with E-state index in [0.29, 0.717) is 5.88 Å². The van der Waals surface area contributed by atoms with Gasteiger partial charge in [0.05, 0.1) is 12.6 Å². The van der Waals surface area contributed by atoms with Crippen molar-refractivity contribution < 1.29 is 18.6 Å². The van der Waals surface area contributed by atoms with Gasteiger partial charge in [-0.2, -0.15) is 4.98 Å². The van der Waals surface area contributed by atoms with Gasteiger partial charge in [0.2, 0.25) is 11.8 Å². The SMILES string of the molecule is CC(C)Oc1ccnc(NCC(F)(F)CO)n1. The molecule has 1 heterocycles. The molecule has 0 bridgehead atoms. The Morgan fingerprint density at radius 1 is 1.53 bits per heavy atom. The number of ether oxygens (including phenoxy) is 1. The van der Waals surface area contributed by atoms with Gasteiger partial charge in [-0.15, -0.1) is 0 Å². The van der Waals surface area contributed by atoms with E-state index in [2.05, 4.69) is 15.3 Å². The second-order valence-electron chi connectivity index (χ2n) is 3.75. The van der Waals surface area contributed by atoms with Crippen molar-refractivity contribution in [3.8, 4) is 5.88 Å². The van der Waals surface area contributed by atoms with E-state index < -0.39 is 19.1 Å². The second kappa shape index (κ2) is 5.72. The molecular weight excluding hydrogens is 232 g/mol. The van der Waals surface area contributed by atoms with Crippen LogP contribution in [-0.4, -0.2) is 40.3 Å². The summed E-state index contributed by atoms with van der Waals surface area (Å²) in [5.41, 5.74) is 0. The summed E-state index contributed by atoms with van der Waals surface area (Å²) in [6.07, 6.45) is 1.35. The lowest BCUT2D eigenvalue weighted by Crippen LogP contribution is -2.31. The van der Waals surface area contributed by atoms with Crippen molar-refractivity contribution in [3.63, 3.8) is 0 Å². The molecule has 2 N–H and O–H groups in total. The minimum Gasteiger partial charge on any atom is -0.475 e. The first kappa shape index (κ1) is 13.6. The molecule has 0 atom stereocenters. The molecule has 0 aliphatic heterocycles. The highest BCUT2D eigenvalue weighted by molar-refractivity contribution is 5.27. The van der Waals surface area contributed by atoms with Crippen LogP contribution in [0.4, 0.5) is 14.7 Å². The van der Waals surface area contributed by atoms with Crippen LogP contribution in [0.25, 0.3) is 0 Å². The molecule has 1 aromatic rings. The van der Waals surface area contributed by atoms with Gasteiger partial charge in [-0.05, 0) is 13.8 Å². The number of aliphatic hydroxyl groups excluding tert-OH is 1. The number of aromatic nitrogens is 2. The van der Waals surface area contributed by atoms with E-state index >= 15 is 0 Å². The average molecular weight is 247 g/mol. The number of halogens is 2. The van der Waals surface area contributed by atoms with Crippen molar-refractivity contribution in [1.82, 2.24) is 9.97 Å². The zero-order valence-corrected chi connectivity index (χ0v) is 9.65. The highest BCUT2D eigenvalue weighted by Gasteiger charge is 2.27. The van der Waals surface area contributed by atoms with E-state index in [1.807, 2.05) is 13.8 Å². The van der Waals surface area contributed by atoms with Gasteiger partial charge in [-0.25, -0.2) is 13.8 Å². The lowest BCUT2D eigenvalue weighted by atomic mass is 10.3. The van der Waals surface area contributed by atoms with Crippen LogP contribution in [0.2, 0.25) is 0 Å². The maximum atomic E-state index is 12.7. The summed E-state index contributed by atoms with van der Waals surface area (Å²) >= 11 is 0. The second-order valence-corrected chi connectivity index (χ2v) is 3.75. The fourth-order valence-corrected chi connectivity index (χ4v) is 0.999. The molecule has 7 heteroatoms. The Balaban J connectivity index is 2.60. The highest BCUT2D eigenvalue weighted by Crippen LogP contribution is 2.14. The van der Waals surface area contributed by atoms with Crippen LogP contribution < -0.4 is 10.1 Å². The van der Waals surface area contributed by atoms with Gasteiger partial charge < -0.3 is 15.2 Å². The standard InChI is InChI=1S/C10H15F2N3O2/c1-7(2)17-8-3-4-13-9(15-8)14-5-10(11,12)6-16/h3-4,7,16H,5-6H2,1-2H3,(H,13,14,15). The van der Waals surface area contributed by atoms with Gasteiger partial charge >= 0.3 is 0 Å². The Bertz CT molecular complexity index is 361. The van der Waals surface area contributed by atoms with Crippen molar-refractivity contribution in [2.75, 3.05) is 18.5 Å². The van der Waals surface area contributed by atoms with Gasteiger partial charge in [0, 0.05) is 12.3 Å². The molecule has 1 aromatic heterocycles. The molecule has 0 aromatic carbocycles. The molecule has 0 aliphatic rings. The Morgan fingerprint density at radius 3 is 2.82 bits per heavy atom. The molecule has 0 unspecified atom stereocenters. The van der Waals surface area contributed by atoms with Crippen molar-refractivity contribution in [1.29, 1.82) is 0 Å². The van der Waals surface area contributed by atoms with Crippen LogP contribution in [-0.2, 0) is 0 Å². The summed E-state index contributed by atoms with van der Waals surface area (Å²) in [5, 5.41) is 10.7. The van der Waals surface area contributed by atoms with Crippen LogP contribution in [0.15, 0.2) is 12.3 Å². The molecule has 17 heavy (non-hydrogen) atoms. The van der Waals surface area contributed by atoms with Crippen LogP contribution in [0, 0.1) is 0 Å². The summed E-state index contributed by atoms with van der Waals surface area (Å²) in [5.74, 6) is -2.85. The summed E-state index contributed by atoms with van der Waals surface area (Å²) in [6, 6.07) is 1.54. The van der Waals surface area contributed by atoms with Crippen LogP contribution in [0.1, 0.15) is 13.8 Å². The molecular formula is C10H15F2N3O2. The van der Waals surface area contributed by atoms with Gasteiger partial charge in [-0.3, -0.25) is 0 Å². The van der Waals surface area contributed by atoms with E-state index in [4.69, 9.17) is 9.84 Å². The molecule has 0 aliphatic carbocycles. The topological polar surface area (TPSA) is 67.3 Å². The predicted molar refractivity (Wildman–Crippen MR) is 58.3 cm³/mol. The van der Waals surface area contributed by atoms with Gasteiger partial charge in [-0.1, -0.05) is 0 Å². The van der Waals surface area contributed by atoms with E-state index in [1.165, 1.54) is 12.3 Å². The fourth-order valence-electron chi connectivity index (χ4n) is 0.999. The largest absolute Gasteiger partial charge is 0.475 e. The maximum absolute atomic E-state index is 12.7. The first-order chi connectivity index (χ1) is 7.93. The number of alkyl halides is 2. The van der Waals surface area contributed by atoms with E-state index in [1.54, 1.807) is 0 Å². The van der Waals surface area contributed by atoms with E-state index in [-0.39, 0.29) is 12.1 Å². The van der Waals surface area contributed by atoms with Crippen LogP contribution in [0.3, 0.4) is 0 Å². The molecule has 0 saturated heterocycles. The van der Waals surface area contributed by atoms with E-state index in [0.717, 1.165) is 0 Å². The quantitative estimate of drug-likeness (QED) is 0.793. The molecule has 0 spiro atoms. The minimum atomic E-state index is -3.20. The average Bonchev–Trinajstić information content (AvgIpc) is 2.26. The summed E-state index contributed by atoms with van der Waals surface area (Å²) < 4.78 is 30.8. The Kier molecular flexibility index (Phi) is 4.56. The predicted octanol–water partition coefficient (Wildman–Crippen LogP) is 1.30. The fraction of sp³-hybridized carbons (Fsp3) is 0.600. The lowest BCUT2D eigenvalue weighted by molar-refractivity contribution is -0.0374. The third-order valence-corrected chi connectivity index (χ3v) is 1.72. The van der Waals surface area contributed by atoms with E-state index in [9.17, 15) is 8.78 Å². The number of nitrogens with zero attached hydrogens (tertiary/aromatic N) is 2. The first-order valence-corrected chi connectivity index (χ1v) is 5.15. The lowest BCUT2D eigenvalue weighted by Gasteiger charge is -2.14. The zero-order chi connectivity index (χ0) is 12.9. The van der Waals surface area contributed by atoms with Crippen LogP contribution >= 0.6 is 0 Å². The number of rotatable bonds is 6. The normalized spacial score (nSPS) is 11.6. The van der Waals surface area contributed by atoms with Crippen molar-refractivity contribution in [2.45, 2.75) is 25.9 Å². The molecule has 96 valence electrons. The highest BCUT2D eigenvalue weighted by atomic mass is 19.3. The number of nitrogens with one attached hydrogen (secondary N) is 1. The molecule has 5 nitrogen and oxygen atoms in total. The van der Waals surface area contributed by atoms with Gasteiger partial charge in [0.25, 0.3) is 5.92 Å². The zero-order valence-electron chi connectivity index (χ0n) is 9.65. The Morgan fingerprint density at radius 2 is 2.24 bits per heavy atom. The van der Waals surface area contributed by atoms with Gasteiger partial charge in [0.1, 0.15) is 6.61 Å². The molecule has 0 saturated carbocycles. The number of aliphatic hydroxyl groups is 1. The molecule has 0 radical (unpaired) electrons. The summed E-state index contributed by atoms with van der Waals surface area (Å²) in [7, 11) is 0. The molecule has 0 fully saturated rings. The summed E-state index contributed by atoms with van der Waals surface area (Å²) in [6.45, 7) is 1.71. The number of hydrogen-bond acceptors (Lipinski definition) is 5. The minimum absolute atomic E-state index is 0.0382.